The smallest absolute Gasteiger partial charge is 0.407 e. The number of carbonyl (C=O) groups excluding carboxylic acids is 3. The molecule has 0 unspecified atom stereocenters. The average Bonchev–Trinajstić information content (AvgIpc) is 3.50. The number of likely N-dealkylation sites (tertiary alicyclic amines) is 1. The first-order valence-corrected chi connectivity index (χ1v) is 14.5. The maximum absolute atomic E-state index is 12.7. The summed E-state index contributed by atoms with van der Waals surface area (Å²) < 4.78 is 11.0. The van der Waals surface area contributed by atoms with Gasteiger partial charge in [0.05, 0.1) is 18.6 Å². The fraction of sp³-hybridized carbons (Fsp3) is 0.424. The molecule has 6 atom stereocenters. The SMILES string of the molecule is C[C@H](C[C@H]1OC(=O)[C@@]2(CO)N(C)C(=O)[C@H](C)[C@@]12O)[C@@H](O)/C=C/C=C/CNC(=O)OCC1c2ccccc2-c2ccccc21. The lowest BCUT2D eigenvalue weighted by molar-refractivity contribution is -0.156. The summed E-state index contributed by atoms with van der Waals surface area (Å²) in [6.45, 7) is 2.92. The first-order chi connectivity index (χ1) is 20.6. The van der Waals surface area contributed by atoms with Crippen LogP contribution in [0.15, 0.2) is 72.8 Å². The molecule has 0 bridgehead atoms. The lowest BCUT2D eigenvalue weighted by Gasteiger charge is -2.37. The molecule has 2 fully saturated rings. The number of carbonyl (C=O) groups is 3. The van der Waals surface area contributed by atoms with Crippen molar-refractivity contribution in [1.29, 1.82) is 0 Å². The van der Waals surface area contributed by atoms with Gasteiger partial charge in [-0.25, -0.2) is 9.59 Å². The molecule has 5 rings (SSSR count). The van der Waals surface area contributed by atoms with Gasteiger partial charge in [0, 0.05) is 19.5 Å². The van der Waals surface area contributed by atoms with E-state index in [4.69, 9.17) is 9.47 Å². The van der Waals surface area contributed by atoms with E-state index in [-0.39, 0.29) is 25.5 Å². The van der Waals surface area contributed by atoms with Crippen LogP contribution in [0, 0.1) is 11.8 Å². The van der Waals surface area contributed by atoms with E-state index in [0.717, 1.165) is 27.2 Å². The number of hydrogen-bond acceptors (Lipinski definition) is 8. The molecule has 2 aromatic carbocycles. The minimum Gasteiger partial charge on any atom is -0.457 e. The fourth-order valence-electron chi connectivity index (χ4n) is 6.76. The van der Waals surface area contributed by atoms with Crippen molar-refractivity contribution in [3.05, 3.63) is 84.0 Å². The molecule has 2 heterocycles. The topological polar surface area (TPSA) is 146 Å². The molecule has 43 heavy (non-hydrogen) atoms. The zero-order valence-electron chi connectivity index (χ0n) is 24.5. The molecule has 0 spiro atoms. The van der Waals surface area contributed by atoms with Gasteiger partial charge in [0.1, 0.15) is 18.3 Å². The summed E-state index contributed by atoms with van der Waals surface area (Å²) in [5, 5.41) is 34.9. The van der Waals surface area contributed by atoms with E-state index in [1.54, 1.807) is 31.2 Å². The summed E-state index contributed by atoms with van der Waals surface area (Å²) in [5.74, 6) is -2.75. The Balaban J connectivity index is 1.09. The summed E-state index contributed by atoms with van der Waals surface area (Å²) in [6.07, 6.45) is 4.07. The molecular weight excluding hydrogens is 552 g/mol. The second-order valence-corrected chi connectivity index (χ2v) is 11.6. The number of ether oxygens (including phenoxy) is 2. The number of amides is 2. The Morgan fingerprint density at radius 1 is 1.12 bits per heavy atom. The van der Waals surface area contributed by atoms with Gasteiger partial charge in [-0.2, -0.15) is 0 Å². The van der Waals surface area contributed by atoms with Crippen LogP contribution in [0.25, 0.3) is 11.1 Å². The van der Waals surface area contributed by atoms with E-state index in [2.05, 4.69) is 29.6 Å². The highest BCUT2D eigenvalue weighted by Crippen LogP contribution is 2.52. The third kappa shape index (κ3) is 4.93. The molecule has 0 aromatic heterocycles. The quantitative estimate of drug-likeness (QED) is 0.244. The largest absolute Gasteiger partial charge is 0.457 e. The highest BCUT2D eigenvalue weighted by Gasteiger charge is 2.77. The van der Waals surface area contributed by atoms with E-state index in [1.807, 2.05) is 24.3 Å². The van der Waals surface area contributed by atoms with E-state index >= 15 is 0 Å². The molecule has 2 saturated heterocycles. The third-order valence-electron chi connectivity index (χ3n) is 9.34. The molecule has 10 heteroatoms. The van der Waals surface area contributed by atoms with Gasteiger partial charge in [0.2, 0.25) is 5.91 Å². The summed E-state index contributed by atoms with van der Waals surface area (Å²) in [7, 11) is 1.37. The molecule has 2 aliphatic heterocycles. The molecule has 10 nitrogen and oxygen atoms in total. The molecule has 1 aliphatic carbocycles. The maximum Gasteiger partial charge on any atom is 0.407 e. The number of esters is 1. The minimum atomic E-state index is -1.92. The van der Waals surface area contributed by atoms with Crippen molar-refractivity contribution >= 4 is 18.0 Å². The van der Waals surface area contributed by atoms with E-state index in [0.29, 0.717) is 0 Å². The number of fused-ring (bicyclic) bond motifs is 4. The van der Waals surface area contributed by atoms with E-state index in [9.17, 15) is 29.7 Å². The van der Waals surface area contributed by atoms with Crippen molar-refractivity contribution in [3.8, 4) is 11.1 Å². The van der Waals surface area contributed by atoms with Crippen molar-refractivity contribution in [2.24, 2.45) is 11.8 Å². The number of nitrogens with zero attached hydrogens (tertiary/aromatic N) is 1. The standard InChI is InChI=1S/C33H38N2O8/c1-20(17-28-33(41)21(2)29(38)35(3)32(33,19-36)30(39)43-28)27(37)15-5-4-10-16-34-31(40)42-18-26-24-13-8-6-11-22(24)23-12-7-9-14-25(23)26/h4-15,20-21,26-28,36-37,41H,16-19H2,1-3H3,(H,34,40)/b10-4+,15-5+/t20-,21+,27+,28-,32-,33-/m1/s1. The van der Waals surface area contributed by atoms with Crippen LogP contribution in [0.2, 0.25) is 0 Å². The number of rotatable bonds is 10. The van der Waals surface area contributed by atoms with Crippen LogP contribution in [-0.4, -0.2) is 88.3 Å². The Morgan fingerprint density at radius 2 is 1.74 bits per heavy atom. The normalized spacial score (nSPS) is 27.7. The molecule has 4 N–H and O–H groups in total. The average molecular weight is 591 g/mol. The van der Waals surface area contributed by atoms with Crippen molar-refractivity contribution in [2.75, 3.05) is 26.8 Å². The summed E-state index contributed by atoms with van der Waals surface area (Å²) in [4.78, 5) is 38.7. The zero-order chi connectivity index (χ0) is 30.9. The fourth-order valence-corrected chi connectivity index (χ4v) is 6.76. The third-order valence-corrected chi connectivity index (χ3v) is 9.34. The van der Waals surface area contributed by atoms with Crippen LogP contribution in [0.1, 0.15) is 37.3 Å². The summed E-state index contributed by atoms with van der Waals surface area (Å²) >= 11 is 0. The van der Waals surface area contributed by atoms with Crippen molar-refractivity contribution < 1.29 is 39.2 Å². The van der Waals surface area contributed by atoms with Crippen LogP contribution in [0.4, 0.5) is 4.79 Å². The molecule has 0 saturated carbocycles. The van der Waals surface area contributed by atoms with Gasteiger partial charge in [-0.05, 0) is 34.6 Å². The number of nitrogens with one attached hydrogen (secondary N) is 1. The number of likely N-dealkylation sites (N-methyl/N-ethyl adjacent to an activating group) is 1. The van der Waals surface area contributed by atoms with Gasteiger partial charge < -0.3 is 35.0 Å². The molecule has 2 amide bonds. The molecular formula is C33H38N2O8. The van der Waals surface area contributed by atoms with Crippen LogP contribution in [-0.2, 0) is 19.1 Å². The van der Waals surface area contributed by atoms with Gasteiger partial charge >= 0.3 is 12.1 Å². The molecule has 228 valence electrons. The second-order valence-electron chi connectivity index (χ2n) is 11.6. The number of benzene rings is 2. The Bertz CT molecular complexity index is 1410. The highest BCUT2D eigenvalue weighted by atomic mass is 16.6. The van der Waals surface area contributed by atoms with Crippen LogP contribution >= 0.6 is 0 Å². The summed E-state index contributed by atoms with van der Waals surface area (Å²) in [5.41, 5.74) is 0.812. The Hall–Kier alpha value is -3.99. The highest BCUT2D eigenvalue weighted by molar-refractivity contribution is 5.98. The number of cyclic esters (lactones) is 1. The lowest BCUT2D eigenvalue weighted by atomic mass is 9.72. The zero-order valence-corrected chi connectivity index (χ0v) is 24.5. The minimum absolute atomic E-state index is 0.0214. The van der Waals surface area contributed by atoms with Crippen molar-refractivity contribution in [1.82, 2.24) is 10.2 Å². The Kier molecular flexibility index (Phi) is 8.47. The van der Waals surface area contributed by atoms with Crippen LogP contribution < -0.4 is 5.32 Å². The molecule has 2 aromatic rings. The lowest BCUT2D eigenvalue weighted by Crippen LogP contribution is -2.64. The first-order valence-electron chi connectivity index (χ1n) is 14.5. The Morgan fingerprint density at radius 3 is 2.37 bits per heavy atom. The molecule has 3 aliphatic rings. The number of alkyl carbamates (subject to hydrolysis) is 1. The predicted octanol–water partition coefficient (Wildman–Crippen LogP) is 2.52. The van der Waals surface area contributed by atoms with E-state index in [1.165, 1.54) is 14.0 Å². The van der Waals surface area contributed by atoms with Gasteiger partial charge in [0.15, 0.2) is 5.54 Å². The summed E-state index contributed by atoms with van der Waals surface area (Å²) in [6, 6.07) is 16.3. The number of allylic oxidation sites excluding steroid dienone is 2. The maximum atomic E-state index is 12.7. The molecule has 0 radical (unpaired) electrons. The Labute approximate surface area is 250 Å². The number of aliphatic hydroxyl groups is 3. The number of aliphatic hydroxyl groups excluding tert-OH is 2. The van der Waals surface area contributed by atoms with Crippen molar-refractivity contribution in [3.63, 3.8) is 0 Å². The first kappa shape index (κ1) is 30.5. The predicted molar refractivity (Wildman–Crippen MR) is 158 cm³/mol. The van der Waals surface area contributed by atoms with Crippen LogP contribution in [0.3, 0.4) is 0 Å². The van der Waals surface area contributed by atoms with Gasteiger partial charge in [-0.1, -0.05) is 86.7 Å². The van der Waals surface area contributed by atoms with Gasteiger partial charge in [0.25, 0.3) is 0 Å². The van der Waals surface area contributed by atoms with Crippen molar-refractivity contribution in [2.45, 2.75) is 49.5 Å². The number of hydrogen-bond donors (Lipinski definition) is 4. The second kappa shape index (κ2) is 11.9. The van der Waals surface area contributed by atoms with Crippen LogP contribution in [0.5, 0.6) is 0 Å². The van der Waals surface area contributed by atoms with Gasteiger partial charge in [-0.3, -0.25) is 4.79 Å². The van der Waals surface area contributed by atoms with E-state index < -0.39 is 59.8 Å². The van der Waals surface area contributed by atoms with Gasteiger partial charge in [-0.15, -0.1) is 0 Å². The monoisotopic (exact) mass is 590 g/mol.